The number of aliphatic hydroxyl groups excluding tert-OH is 1. The maximum atomic E-state index is 16.2. The number of nitrogens with one attached hydrogen (secondary N) is 1. The average Bonchev–Trinajstić information content (AvgIpc) is 3.31. The number of ketones is 2. The minimum atomic E-state index is -2.52. The molecule has 5 rings (SSSR count). The predicted octanol–water partition coefficient (Wildman–Crippen LogP) is 4.38. The first-order valence-corrected chi connectivity index (χ1v) is 14.8. The molecule has 1 aromatic carbocycles. The van der Waals surface area contributed by atoms with E-state index in [1.807, 2.05) is 13.8 Å². The number of fused-ring (bicyclic) bond motifs is 4. The highest BCUT2D eigenvalue weighted by Crippen LogP contribution is 2.57. The third kappa shape index (κ3) is 4.41. The fraction of sp³-hybridized carbons (Fsp3) is 0.552. The molecule has 2 aromatic rings. The quantitative estimate of drug-likeness (QED) is 0.293. The summed E-state index contributed by atoms with van der Waals surface area (Å²) in [5.74, 6) is -5.13. The fourth-order valence-electron chi connectivity index (χ4n) is 6.54. The van der Waals surface area contributed by atoms with E-state index in [-0.39, 0.29) is 53.2 Å². The number of aliphatic hydroxyl groups is 2. The Bertz CT molecular complexity index is 1440. The molecule has 0 unspecified atom stereocenters. The Balaban J connectivity index is 1.69. The minimum Gasteiger partial charge on any atom is -0.508 e. The molecule has 0 spiro atoms. The van der Waals surface area contributed by atoms with E-state index in [9.17, 15) is 24.9 Å². The molecule has 4 atom stereocenters. The Morgan fingerprint density at radius 3 is 2.61 bits per heavy atom. The lowest BCUT2D eigenvalue weighted by Crippen LogP contribution is -2.59. The van der Waals surface area contributed by atoms with Crippen LogP contribution in [0.4, 0.5) is 4.39 Å². The summed E-state index contributed by atoms with van der Waals surface area (Å²) in [6, 6.07) is -0.766. The Kier molecular flexibility index (Phi) is 8.05. The zero-order chi connectivity index (χ0) is 29.8. The van der Waals surface area contributed by atoms with Gasteiger partial charge in [0.2, 0.25) is 5.78 Å². The van der Waals surface area contributed by atoms with Gasteiger partial charge < -0.3 is 29.9 Å². The molecule has 0 bridgehead atoms. The lowest BCUT2D eigenvalue weighted by Gasteiger charge is -2.49. The topological polar surface area (TPSA) is 145 Å². The zero-order valence-electron chi connectivity index (χ0n) is 23.5. The summed E-state index contributed by atoms with van der Waals surface area (Å²) in [6.45, 7) is 5.20. The molecular formula is C29H35BrFN3O7. The monoisotopic (exact) mass is 635 g/mol. The maximum Gasteiger partial charge on any atom is 0.263 e. The van der Waals surface area contributed by atoms with Gasteiger partial charge in [0, 0.05) is 29.2 Å². The summed E-state index contributed by atoms with van der Waals surface area (Å²) >= 11 is 3.48. The van der Waals surface area contributed by atoms with Crippen LogP contribution in [-0.4, -0.2) is 69.8 Å². The van der Waals surface area contributed by atoms with Gasteiger partial charge in [0.05, 0.1) is 22.7 Å². The number of benzene rings is 1. The van der Waals surface area contributed by atoms with Crippen LogP contribution >= 0.6 is 15.9 Å². The van der Waals surface area contributed by atoms with Crippen molar-refractivity contribution in [3.63, 3.8) is 0 Å². The largest absolute Gasteiger partial charge is 0.508 e. The number of unbranched alkanes of at least 4 members (excludes halogenated alkanes) is 1. The van der Waals surface area contributed by atoms with Crippen molar-refractivity contribution in [1.82, 2.24) is 15.4 Å². The van der Waals surface area contributed by atoms with E-state index >= 15 is 4.39 Å². The number of halogens is 2. The SMILES string of the molecule is CCCCOc1c(Br)c(CNCCC)c(F)c2c1C(=O)C1=C(O)[C@]3(O)C(=O)c4c(O)noc4[C@@H](N(C)C)[C@@H]3C[C@@H]1C2. The Morgan fingerprint density at radius 1 is 1.22 bits per heavy atom. The number of hydrogen-bond donors (Lipinski definition) is 4. The molecule has 0 fully saturated rings. The van der Waals surface area contributed by atoms with Crippen LogP contribution in [0.2, 0.25) is 0 Å². The minimum absolute atomic E-state index is 0.0227. The molecule has 0 radical (unpaired) electrons. The third-order valence-corrected chi connectivity index (χ3v) is 9.34. The van der Waals surface area contributed by atoms with Crippen LogP contribution in [0.3, 0.4) is 0 Å². The number of hydrogen-bond acceptors (Lipinski definition) is 10. The molecule has 0 saturated heterocycles. The normalized spacial score (nSPS) is 25.2. The van der Waals surface area contributed by atoms with Crippen LogP contribution in [0, 0.1) is 17.7 Å². The van der Waals surface area contributed by atoms with Gasteiger partial charge in [-0.3, -0.25) is 14.5 Å². The number of Topliss-reactive ketones (excluding diaryl/α,β-unsaturated/α-hetero) is 2. The summed E-state index contributed by atoms with van der Waals surface area (Å²) < 4.78 is 27.9. The average molecular weight is 637 g/mol. The lowest BCUT2D eigenvalue weighted by molar-refractivity contribution is -0.0559. The molecule has 0 aliphatic heterocycles. The summed E-state index contributed by atoms with van der Waals surface area (Å²) in [7, 11) is 3.41. The van der Waals surface area contributed by atoms with E-state index in [4.69, 9.17) is 9.26 Å². The number of carbonyl (C=O) groups excluding carboxylic acids is 2. The summed E-state index contributed by atoms with van der Waals surface area (Å²) in [5, 5.41) is 40.5. The second-order valence-corrected chi connectivity index (χ2v) is 12.0. The molecule has 3 aliphatic rings. The first-order chi connectivity index (χ1) is 19.5. The van der Waals surface area contributed by atoms with Gasteiger partial charge in [0.1, 0.15) is 22.9 Å². The van der Waals surface area contributed by atoms with Crippen molar-refractivity contribution >= 4 is 27.5 Å². The number of ether oxygens (including phenoxy) is 1. The zero-order valence-corrected chi connectivity index (χ0v) is 25.1. The first kappa shape index (κ1) is 29.7. The molecule has 1 aromatic heterocycles. The predicted molar refractivity (Wildman–Crippen MR) is 150 cm³/mol. The van der Waals surface area contributed by atoms with Crippen molar-refractivity contribution in [2.24, 2.45) is 11.8 Å². The molecular weight excluding hydrogens is 601 g/mol. The number of rotatable bonds is 9. The molecule has 12 heteroatoms. The Hall–Kier alpha value is -2.80. The van der Waals surface area contributed by atoms with Gasteiger partial charge in [0.15, 0.2) is 17.1 Å². The van der Waals surface area contributed by atoms with E-state index in [0.717, 1.165) is 12.8 Å². The van der Waals surface area contributed by atoms with E-state index in [2.05, 4.69) is 26.4 Å². The van der Waals surface area contributed by atoms with E-state index < -0.39 is 52.5 Å². The van der Waals surface area contributed by atoms with Crippen LogP contribution in [0.5, 0.6) is 11.6 Å². The van der Waals surface area contributed by atoms with Gasteiger partial charge in [-0.25, -0.2) is 4.39 Å². The number of aromatic hydroxyl groups is 1. The number of nitrogens with zero attached hydrogens (tertiary/aromatic N) is 2. The van der Waals surface area contributed by atoms with E-state index in [0.29, 0.717) is 29.6 Å². The lowest BCUT2D eigenvalue weighted by atomic mass is 9.58. The van der Waals surface area contributed by atoms with Crippen LogP contribution in [0.1, 0.15) is 83.2 Å². The highest BCUT2D eigenvalue weighted by Gasteiger charge is 2.64. The van der Waals surface area contributed by atoms with Crippen molar-refractivity contribution in [3.8, 4) is 11.6 Å². The smallest absolute Gasteiger partial charge is 0.263 e. The summed E-state index contributed by atoms with van der Waals surface area (Å²) in [6.07, 6.45) is 2.54. The Labute approximate surface area is 245 Å². The van der Waals surface area contributed by atoms with Crippen molar-refractivity contribution < 1.29 is 38.6 Å². The van der Waals surface area contributed by atoms with Gasteiger partial charge in [-0.15, -0.1) is 0 Å². The summed E-state index contributed by atoms with van der Waals surface area (Å²) in [5.41, 5.74) is -2.49. The van der Waals surface area contributed by atoms with Gasteiger partial charge in [-0.2, -0.15) is 0 Å². The molecule has 10 nitrogen and oxygen atoms in total. The molecule has 3 aliphatic carbocycles. The second kappa shape index (κ2) is 11.1. The second-order valence-electron chi connectivity index (χ2n) is 11.3. The summed E-state index contributed by atoms with van der Waals surface area (Å²) in [4.78, 5) is 29.5. The van der Waals surface area contributed by atoms with Gasteiger partial charge >= 0.3 is 0 Å². The van der Waals surface area contributed by atoms with Crippen LogP contribution < -0.4 is 10.1 Å². The number of aromatic nitrogens is 1. The van der Waals surface area contributed by atoms with Gasteiger partial charge in [-0.05, 0) is 73.3 Å². The van der Waals surface area contributed by atoms with Crippen LogP contribution in [0.15, 0.2) is 20.3 Å². The van der Waals surface area contributed by atoms with Gasteiger partial charge in [0.25, 0.3) is 5.88 Å². The molecule has 0 amide bonds. The van der Waals surface area contributed by atoms with Crippen LogP contribution in [-0.2, 0) is 13.0 Å². The van der Waals surface area contributed by atoms with Crippen molar-refractivity contribution in [2.45, 2.75) is 64.1 Å². The van der Waals surface area contributed by atoms with Crippen molar-refractivity contribution in [3.05, 3.63) is 49.6 Å². The fourth-order valence-corrected chi connectivity index (χ4v) is 7.17. The highest BCUT2D eigenvalue weighted by molar-refractivity contribution is 9.10. The van der Waals surface area contributed by atoms with Crippen molar-refractivity contribution in [1.29, 1.82) is 0 Å². The van der Waals surface area contributed by atoms with E-state index in [1.54, 1.807) is 19.0 Å². The molecule has 1 heterocycles. The number of allylic oxidation sites excluding steroid dienone is 1. The molecule has 41 heavy (non-hydrogen) atoms. The maximum absolute atomic E-state index is 16.2. The first-order valence-electron chi connectivity index (χ1n) is 14.0. The Morgan fingerprint density at radius 2 is 1.95 bits per heavy atom. The van der Waals surface area contributed by atoms with E-state index in [1.165, 1.54) is 0 Å². The third-order valence-electron chi connectivity index (χ3n) is 8.50. The highest BCUT2D eigenvalue weighted by atomic mass is 79.9. The molecule has 0 saturated carbocycles. The molecule has 4 N–H and O–H groups in total. The van der Waals surface area contributed by atoms with Crippen molar-refractivity contribution in [2.75, 3.05) is 27.2 Å². The number of carbonyl (C=O) groups is 2. The standard InChI is InChI=1S/C29H35BrFN3O7/c1-5-7-9-40-24-18-14(21(31)15(20(24)30)12-32-8-6-2)10-13-11-16-22(34(3)4)25-19(28(38)33-41-25)27(37)29(16,39)26(36)17(13)23(18)35/h13,16,22,32,36,39H,5-12H2,1-4H3,(H,33,38)/t13-,16-,22-,29-/m0/s1. The molecule has 222 valence electrons. The van der Waals surface area contributed by atoms with Crippen LogP contribution in [0.25, 0.3) is 0 Å². The van der Waals surface area contributed by atoms with Gasteiger partial charge in [-0.1, -0.05) is 20.3 Å².